The largest absolute Gasteiger partial charge is 0.444 e. The van der Waals surface area contributed by atoms with E-state index in [0.717, 1.165) is 11.1 Å². The Kier molecular flexibility index (Phi) is 13.6. The number of rotatable bonds is 14. The number of nitrogens with zero attached hydrogens (tertiary/aromatic N) is 2. The summed E-state index contributed by atoms with van der Waals surface area (Å²) < 4.78 is 11.3. The predicted molar refractivity (Wildman–Crippen MR) is 171 cm³/mol. The first-order chi connectivity index (χ1) is 20.6. The average molecular weight is 609 g/mol. The molecule has 0 aliphatic rings. The molecular formula is C34H48N4O6. The molecule has 2 aromatic rings. The topological polar surface area (TPSA) is 117 Å². The van der Waals surface area contributed by atoms with Gasteiger partial charge in [0.25, 0.3) is 0 Å². The van der Waals surface area contributed by atoms with Crippen LogP contribution < -0.4 is 10.6 Å². The van der Waals surface area contributed by atoms with E-state index in [1.807, 2.05) is 74.5 Å². The van der Waals surface area contributed by atoms with Gasteiger partial charge in [-0.2, -0.15) is 0 Å². The molecule has 0 unspecified atom stereocenters. The summed E-state index contributed by atoms with van der Waals surface area (Å²) in [5, 5.41) is 5.46. The minimum Gasteiger partial charge on any atom is -0.444 e. The van der Waals surface area contributed by atoms with E-state index in [0.29, 0.717) is 12.8 Å². The highest BCUT2D eigenvalue weighted by Gasteiger charge is 2.34. The quantitative estimate of drug-likeness (QED) is 0.312. The fourth-order valence-corrected chi connectivity index (χ4v) is 4.37. The molecule has 0 heterocycles. The lowest BCUT2D eigenvalue weighted by molar-refractivity contribution is -0.148. The van der Waals surface area contributed by atoms with Crippen LogP contribution in [0.15, 0.2) is 72.8 Å². The third kappa shape index (κ3) is 12.2. The van der Waals surface area contributed by atoms with Gasteiger partial charge in [0.2, 0.25) is 17.7 Å². The molecule has 240 valence electrons. The zero-order valence-corrected chi connectivity index (χ0v) is 27.3. The molecular weight excluding hydrogens is 560 g/mol. The minimum absolute atomic E-state index is 0.0777. The van der Waals surface area contributed by atoms with Crippen LogP contribution >= 0.6 is 0 Å². The number of hydrogen-bond donors (Lipinski definition) is 2. The number of nitrogens with one attached hydrogen (secondary N) is 2. The van der Waals surface area contributed by atoms with Gasteiger partial charge in [0.15, 0.2) is 0 Å². The number of alkyl carbamates (subject to hydrolysis) is 1. The number of hydrogen-bond acceptors (Lipinski definition) is 6. The van der Waals surface area contributed by atoms with Crippen LogP contribution in [-0.2, 0) is 36.9 Å². The lowest BCUT2D eigenvalue weighted by Gasteiger charge is -2.34. The first kappa shape index (κ1) is 36.0. The first-order valence-corrected chi connectivity index (χ1v) is 14.7. The molecule has 2 rings (SSSR count). The van der Waals surface area contributed by atoms with Gasteiger partial charge in [-0.15, -0.1) is 0 Å². The molecule has 0 fully saturated rings. The van der Waals surface area contributed by atoms with Crippen LogP contribution in [-0.4, -0.2) is 84.6 Å². The Balaban J connectivity index is 2.21. The van der Waals surface area contributed by atoms with E-state index in [4.69, 9.17) is 9.47 Å². The standard InChI is InChI=1S/C34H48N4O6/c1-33(2,3)44-32(42)36-34(4,5)21-15-20-29(39)37(7)28(24-43-23-26-18-13-10-14-19-26)31(41)38(8)27(30(40)35-6)22-25-16-11-9-12-17-25/h9-20,27-28H,21-24H2,1-8H3,(H,35,40)(H,36,42)/t27-,28-/m1/s1. The second kappa shape index (κ2) is 16.6. The second-order valence-electron chi connectivity index (χ2n) is 12.4. The Morgan fingerprint density at radius 1 is 0.841 bits per heavy atom. The molecule has 0 saturated heterocycles. The highest BCUT2D eigenvalue weighted by Crippen LogP contribution is 2.15. The molecule has 0 spiro atoms. The van der Waals surface area contributed by atoms with Gasteiger partial charge in [-0.1, -0.05) is 66.7 Å². The van der Waals surface area contributed by atoms with Gasteiger partial charge in [-0.05, 0) is 58.2 Å². The van der Waals surface area contributed by atoms with E-state index in [1.54, 1.807) is 33.9 Å². The van der Waals surface area contributed by atoms with Gasteiger partial charge in [0, 0.05) is 33.1 Å². The van der Waals surface area contributed by atoms with Crippen LogP contribution in [0.3, 0.4) is 0 Å². The van der Waals surface area contributed by atoms with Crippen molar-refractivity contribution in [3.05, 3.63) is 83.9 Å². The van der Waals surface area contributed by atoms with Crippen LogP contribution in [0.2, 0.25) is 0 Å². The monoisotopic (exact) mass is 608 g/mol. The molecule has 10 nitrogen and oxygen atoms in total. The van der Waals surface area contributed by atoms with Gasteiger partial charge in [0.05, 0.1) is 13.2 Å². The number of ether oxygens (including phenoxy) is 2. The van der Waals surface area contributed by atoms with Gasteiger partial charge < -0.3 is 29.9 Å². The van der Waals surface area contributed by atoms with E-state index >= 15 is 0 Å². The normalized spacial score (nSPS) is 13.1. The molecule has 2 aromatic carbocycles. The number of likely N-dealkylation sites (N-methyl/N-ethyl adjacent to an activating group) is 3. The molecule has 0 aliphatic carbocycles. The van der Waals surface area contributed by atoms with Gasteiger partial charge in [0.1, 0.15) is 17.7 Å². The number of benzene rings is 2. The van der Waals surface area contributed by atoms with Crippen molar-refractivity contribution in [1.82, 2.24) is 20.4 Å². The molecule has 44 heavy (non-hydrogen) atoms. The second-order valence-corrected chi connectivity index (χ2v) is 12.4. The van der Waals surface area contributed by atoms with Crippen LogP contribution in [0, 0.1) is 0 Å². The molecule has 4 amide bonds. The van der Waals surface area contributed by atoms with Gasteiger partial charge >= 0.3 is 6.09 Å². The third-order valence-electron chi connectivity index (χ3n) is 6.85. The summed E-state index contributed by atoms with van der Waals surface area (Å²) in [6.45, 7) is 9.16. The fourth-order valence-electron chi connectivity index (χ4n) is 4.37. The maximum Gasteiger partial charge on any atom is 0.408 e. The summed E-state index contributed by atoms with van der Waals surface area (Å²) in [6, 6.07) is 17.1. The number of carbonyl (C=O) groups is 4. The smallest absolute Gasteiger partial charge is 0.408 e. The molecule has 0 radical (unpaired) electrons. The fraction of sp³-hybridized carbons (Fsp3) is 0.471. The van der Waals surface area contributed by atoms with Crippen molar-refractivity contribution in [2.75, 3.05) is 27.7 Å². The molecule has 0 bridgehead atoms. The Bertz CT molecular complexity index is 1260. The van der Waals surface area contributed by atoms with Crippen LogP contribution in [0.1, 0.15) is 52.2 Å². The van der Waals surface area contributed by atoms with E-state index in [2.05, 4.69) is 10.6 Å². The third-order valence-corrected chi connectivity index (χ3v) is 6.85. The zero-order chi connectivity index (χ0) is 32.9. The molecule has 2 atom stereocenters. The van der Waals surface area contributed by atoms with Crippen molar-refractivity contribution in [1.29, 1.82) is 0 Å². The predicted octanol–water partition coefficient (Wildman–Crippen LogP) is 4.10. The van der Waals surface area contributed by atoms with Crippen molar-refractivity contribution in [2.45, 2.75) is 77.3 Å². The zero-order valence-electron chi connectivity index (χ0n) is 27.3. The van der Waals surface area contributed by atoms with E-state index < -0.39 is 41.1 Å². The first-order valence-electron chi connectivity index (χ1n) is 14.7. The summed E-state index contributed by atoms with van der Waals surface area (Å²) in [4.78, 5) is 55.1. The van der Waals surface area contributed by atoms with Gasteiger partial charge in [-0.25, -0.2) is 4.79 Å². The Labute approximate surface area is 261 Å². The van der Waals surface area contributed by atoms with Crippen LogP contribution in [0.25, 0.3) is 0 Å². The van der Waals surface area contributed by atoms with Crippen LogP contribution in [0.4, 0.5) is 4.79 Å². The summed E-state index contributed by atoms with van der Waals surface area (Å²) in [6.07, 6.45) is 3.11. The van der Waals surface area contributed by atoms with Gasteiger partial charge in [-0.3, -0.25) is 14.4 Å². The Hall–Kier alpha value is -4.18. The highest BCUT2D eigenvalue weighted by molar-refractivity contribution is 5.94. The summed E-state index contributed by atoms with van der Waals surface area (Å²) in [7, 11) is 4.62. The lowest BCUT2D eigenvalue weighted by atomic mass is 10.0. The highest BCUT2D eigenvalue weighted by atomic mass is 16.6. The summed E-state index contributed by atoms with van der Waals surface area (Å²) in [5.74, 6) is -1.17. The average Bonchev–Trinajstić information content (AvgIpc) is 2.96. The summed E-state index contributed by atoms with van der Waals surface area (Å²) in [5.41, 5.74) is 0.495. The maximum absolute atomic E-state index is 13.9. The SMILES string of the molecule is CNC(=O)[C@@H](Cc1ccccc1)N(C)C(=O)[C@@H](COCc1ccccc1)N(C)C(=O)C=CCC(C)(C)NC(=O)OC(C)(C)C. The Morgan fingerprint density at radius 3 is 1.95 bits per heavy atom. The summed E-state index contributed by atoms with van der Waals surface area (Å²) >= 11 is 0. The van der Waals surface area contributed by atoms with Crippen molar-refractivity contribution >= 4 is 23.8 Å². The van der Waals surface area contributed by atoms with Crippen molar-refractivity contribution in [2.24, 2.45) is 0 Å². The lowest BCUT2D eigenvalue weighted by Crippen LogP contribution is -2.56. The van der Waals surface area contributed by atoms with Crippen molar-refractivity contribution < 1.29 is 28.7 Å². The van der Waals surface area contributed by atoms with Crippen molar-refractivity contribution in [3.8, 4) is 0 Å². The number of amides is 4. The number of carbonyl (C=O) groups excluding carboxylic acids is 4. The maximum atomic E-state index is 13.9. The van der Waals surface area contributed by atoms with Crippen molar-refractivity contribution in [3.63, 3.8) is 0 Å². The molecule has 0 aliphatic heterocycles. The van der Waals surface area contributed by atoms with Crippen LogP contribution in [0.5, 0.6) is 0 Å². The molecule has 2 N–H and O–H groups in total. The Morgan fingerprint density at radius 2 is 1.41 bits per heavy atom. The molecule has 0 saturated carbocycles. The van der Waals surface area contributed by atoms with E-state index in [9.17, 15) is 19.2 Å². The van der Waals surface area contributed by atoms with E-state index in [-0.39, 0.29) is 19.1 Å². The molecule has 0 aromatic heterocycles. The van der Waals surface area contributed by atoms with E-state index in [1.165, 1.54) is 30.0 Å². The minimum atomic E-state index is -1.00. The molecule has 10 heteroatoms.